The third-order valence-corrected chi connectivity index (χ3v) is 12.6. The van der Waals surface area contributed by atoms with Crippen LogP contribution in [-0.4, -0.2) is 9.97 Å². The van der Waals surface area contributed by atoms with Gasteiger partial charge in [0.2, 0.25) is 0 Å². The molecule has 4 nitrogen and oxygen atoms in total. The minimum atomic E-state index is -0.115. The van der Waals surface area contributed by atoms with Gasteiger partial charge in [0, 0.05) is 11.6 Å². The molecule has 6 aromatic carbocycles. The summed E-state index contributed by atoms with van der Waals surface area (Å²) in [5.41, 5.74) is 14.8. The Morgan fingerprint density at radius 3 is 1.77 bits per heavy atom. The molecule has 0 amide bonds. The van der Waals surface area contributed by atoms with Gasteiger partial charge in [0.1, 0.15) is 5.82 Å². The maximum atomic E-state index is 5.63. The van der Waals surface area contributed by atoms with Crippen LogP contribution >= 0.6 is 0 Å². The molecule has 5 heteroatoms. The maximum absolute atomic E-state index is 5.63. The summed E-state index contributed by atoms with van der Waals surface area (Å²) in [6, 6.07) is 54.4. The summed E-state index contributed by atoms with van der Waals surface area (Å²) in [5.74, 6) is 0.814. The second kappa shape index (κ2) is 16.9. The zero-order chi connectivity index (χ0) is 45.3. The Bertz CT molecular complexity index is 3170. The molecule has 0 bridgehead atoms. The quantitative estimate of drug-likeness (QED) is 0.156. The first kappa shape index (κ1) is 45.7. The molecular formula is C60H60N4Pt. The molecule has 0 fully saturated rings. The van der Waals surface area contributed by atoms with Gasteiger partial charge in [-0.3, -0.25) is 4.98 Å². The van der Waals surface area contributed by atoms with Crippen molar-refractivity contribution in [1.82, 2.24) is 15.0 Å². The monoisotopic (exact) mass is 1030 g/mol. The average Bonchev–Trinajstić information content (AvgIpc) is 3.63. The topological polar surface area (TPSA) is 43.1 Å². The first-order valence-electron chi connectivity index (χ1n) is 22.7. The number of aromatic nitrogens is 3. The molecule has 0 aliphatic carbocycles. The van der Waals surface area contributed by atoms with Crippen LogP contribution in [0.25, 0.3) is 66.2 Å². The van der Waals surface area contributed by atoms with Crippen molar-refractivity contribution in [2.24, 2.45) is 0 Å². The Kier molecular flexibility index (Phi) is 11.9. The summed E-state index contributed by atoms with van der Waals surface area (Å²) in [6.45, 7) is 27.5. The van der Waals surface area contributed by atoms with E-state index in [1.165, 1.54) is 33.2 Å². The maximum Gasteiger partial charge on any atom is 2.00 e. The van der Waals surface area contributed by atoms with Crippen LogP contribution in [0.5, 0.6) is 0 Å². The Labute approximate surface area is 400 Å². The van der Waals surface area contributed by atoms with Gasteiger partial charge in [-0.1, -0.05) is 180 Å². The van der Waals surface area contributed by atoms with Gasteiger partial charge < -0.3 is 9.88 Å². The third-order valence-electron chi connectivity index (χ3n) is 12.6. The van der Waals surface area contributed by atoms with E-state index >= 15 is 0 Å². The molecule has 0 saturated carbocycles. The van der Waals surface area contributed by atoms with Gasteiger partial charge in [-0.2, -0.15) is 0 Å². The van der Waals surface area contributed by atoms with Crippen LogP contribution in [0.2, 0.25) is 0 Å². The second-order valence-corrected chi connectivity index (χ2v) is 21.7. The fourth-order valence-corrected chi connectivity index (χ4v) is 8.66. The van der Waals surface area contributed by atoms with Crippen molar-refractivity contribution in [2.75, 3.05) is 4.90 Å². The summed E-state index contributed by atoms with van der Waals surface area (Å²) >= 11 is 0. The molecule has 65 heavy (non-hydrogen) atoms. The Balaban J connectivity index is 0.00000576. The SMILES string of the molecule is CC(C)(C)c1cc(-c2cc(-c3[c-]c(N(c4ccccn4)c4cccc5ccccc45)ccc3)nc(-c3cc(C(C)(C)C)cc4c3[n-]c3ccc(C(C)(C)C)cc34)c2)cc(C(C)(C)C)c1.[Pt+2]. The van der Waals surface area contributed by atoms with Crippen molar-refractivity contribution >= 4 is 49.8 Å². The molecule has 9 aromatic rings. The molecule has 9 rings (SSSR count). The summed E-state index contributed by atoms with van der Waals surface area (Å²) in [6.07, 6.45) is 1.85. The molecule has 3 aromatic heterocycles. The van der Waals surface area contributed by atoms with Crippen LogP contribution in [-0.2, 0) is 42.7 Å². The first-order chi connectivity index (χ1) is 30.2. The van der Waals surface area contributed by atoms with E-state index in [1.54, 1.807) is 0 Å². The number of rotatable bonds is 6. The Morgan fingerprint density at radius 2 is 1.09 bits per heavy atom. The predicted octanol–water partition coefficient (Wildman–Crippen LogP) is 16.4. The average molecular weight is 1030 g/mol. The first-order valence-corrected chi connectivity index (χ1v) is 22.7. The van der Waals surface area contributed by atoms with E-state index in [0.29, 0.717) is 0 Å². The molecule has 0 atom stereocenters. The van der Waals surface area contributed by atoms with Gasteiger partial charge in [0.25, 0.3) is 0 Å². The molecule has 0 N–H and O–H groups in total. The van der Waals surface area contributed by atoms with Crippen molar-refractivity contribution in [2.45, 2.75) is 105 Å². The summed E-state index contributed by atoms with van der Waals surface area (Å²) in [5, 5.41) is 4.65. The standard InChI is InChI=1S/C60H60N4.Pt/c1-57(2,3)42-26-27-51-48(35-42)49-36-45(60(10,11)12)37-50(56(49)63-51)53-33-41(40-29-43(58(4,5)6)34-44(30-40)59(7,8)9)32-52(62-53)39-21-17-22-46(31-39)64(55-25-15-16-28-61-55)54-24-18-20-38-19-13-14-23-47(38)54;/h13-30,32-37H,1-12H3;/q-2;+2. The summed E-state index contributed by atoms with van der Waals surface area (Å²) in [7, 11) is 0. The zero-order valence-corrected chi connectivity index (χ0v) is 42.2. The molecule has 3 heterocycles. The Hall–Kier alpha value is -5.83. The molecule has 0 aliphatic heterocycles. The van der Waals surface area contributed by atoms with E-state index in [4.69, 9.17) is 15.0 Å². The smallest absolute Gasteiger partial charge is 0.656 e. The van der Waals surface area contributed by atoms with E-state index in [1.807, 2.05) is 18.3 Å². The molecule has 0 aliphatic rings. The van der Waals surface area contributed by atoms with Crippen molar-refractivity contribution in [3.63, 3.8) is 0 Å². The molecule has 0 unspecified atom stereocenters. The zero-order valence-electron chi connectivity index (χ0n) is 40.0. The number of pyridine rings is 2. The third kappa shape index (κ3) is 9.08. The normalized spacial score (nSPS) is 12.5. The molecular weight excluding hydrogens is 972 g/mol. The molecule has 0 saturated heterocycles. The molecule has 0 spiro atoms. The van der Waals surface area contributed by atoms with E-state index < -0.39 is 0 Å². The Morgan fingerprint density at radius 1 is 0.492 bits per heavy atom. The predicted molar refractivity (Wildman–Crippen MR) is 272 cm³/mol. The van der Waals surface area contributed by atoms with E-state index in [9.17, 15) is 0 Å². The molecule has 330 valence electrons. The van der Waals surface area contributed by atoms with Crippen LogP contribution in [0, 0.1) is 6.07 Å². The van der Waals surface area contributed by atoms with Crippen molar-refractivity contribution in [3.05, 3.63) is 174 Å². The van der Waals surface area contributed by atoms with Crippen molar-refractivity contribution < 1.29 is 21.1 Å². The van der Waals surface area contributed by atoms with Gasteiger partial charge in [-0.05, 0) is 112 Å². The fraction of sp³-hybridized carbons (Fsp3) is 0.267. The van der Waals surface area contributed by atoms with Gasteiger partial charge in [0.15, 0.2) is 0 Å². The summed E-state index contributed by atoms with van der Waals surface area (Å²) < 4.78 is 0. The van der Waals surface area contributed by atoms with Gasteiger partial charge in [-0.15, -0.1) is 40.9 Å². The van der Waals surface area contributed by atoms with Crippen LogP contribution in [0.4, 0.5) is 17.2 Å². The number of hydrogen-bond donors (Lipinski definition) is 0. The number of anilines is 3. The number of fused-ring (bicyclic) bond motifs is 4. The van der Waals surface area contributed by atoms with Gasteiger partial charge in [-0.25, -0.2) is 4.98 Å². The van der Waals surface area contributed by atoms with Crippen LogP contribution in [0.1, 0.15) is 105 Å². The van der Waals surface area contributed by atoms with Crippen LogP contribution in [0.3, 0.4) is 0 Å². The second-order valence-electron chi connectivity index (χ2n) is 21.7. The largest absolute Gasteiger partial charge is 2.00 e. The van der Waals surface area contributed by atoms with Gasteiger partial charge >= 0.3 is 21.1 Å². The summed E-state index contributed by atoms with van der Waals surface area (Å²) in [4.78, 5) is 18.1. The molecule has 0 radical (unpaired) electrons. The number of benzene rings is 6. The van der Waals surface area contributed by atoms with E-state index in [-0.39, 0.29) is 42.7 Å². The van der Waals surface area contributed by atoms with Crippen LogP contribution < -0.4 is 9.88 Å². The van der Waals surface area contributed by atoms with E-state index in [0.717, 1.165) is 72.5 Å². The van der Waals surface area contributed by atoms with E-state index in [2.05, 4.69) is 221 Å². The van der Waals surface area contributed by atoms with Crippen molar-refractivity contribution in [1.29, 1.82) is 0 Å². The minimum absolute atomic E-state index is 0. The fourth-order valence-electron chi connectivity index (χ4n) is 8.66. The number of hydrogen-bond acceptors (Lipinski definition) is 3. The van der Waals surface area contributed by atoms with Crippen LogP contribution in [0.15, 0.2) is 146 Å². The van der Waals surface area contributed by atoms with Crippen molar-refractivity contribution in [3.8, 4) is 33.6 Å². The van der Waals surface area contributed by atoms with Gasteiger partial charge in [0.05, 0.1) is 11.4 Å². The minimum Gasteiger partial charge on any atom is -0.656 e. The number of nitrogens with zero attached hydrogens (tertiary/aromatic N) is 4.